The summed E-state index contributed by atoms with van der Waals surface area (Å²) in [7, 11) is 0. The number of pyridine rings is 1. The van der Waals surface area contributed by atoms with E-state index in [1.807, 2.05) is 0 Å². The van der Waals surface area contributed by atoms with Crippen LogP contribution in [-0.2, 0) is 6.54 Å². The van der Waals surface area contributed by atoms with E-state index in [0.29, 0.717) is 12.0 Å². The zero-order valence-corrected chi connectivity index (χ0v) is 11.2. The van der Waals surface area contributed by atoms with Crippen molar-refractivity contribution in [1.82, 2.24) is 4.98 Å². The monoisotopic (exact) mass is 251 g/mol. The maximum absolute atomic E-state index is 13.2. The summed E-state index contributed by atoms with van der Waals surface area (Å²) >= 11 is 0. The van der Waals surface area contributed by atoms with Crippen LogP contribution in [-0.4, -0.2) is 18.1 Å². The molecule has 0 saturated carbocycles. The SMILES string of the molecule is CCC1(CC)CCN(c2ncc(F)cc2CN)C1. The maximum Gasteiger partial charge on any atom is 0.141 e. The van der Waals surface area contributed by atoms with Crippen molar-refractivity contribution in [2.24, 2.45) is 11.1 Å². The van der Waals surface area contributed by atoms with Gasteiger partial charge in [-0.2, -0.15) is 0 Å². The molecular weight excluding hydrogens is 229 g/mol. The molecule has 2 N–H and O–H groups in total. The van der Waals surface area contributed by atoms with Gasteiger partial charge in [-0.25, -0.2) is 9.37 Å². The van der Waals surface area contributed by atoms with Gasteiger partial charge >= 0.3 is 0 Å². The molecule has 1 aliphatic heterocycles. The normalized spacial score (nSPS) is 18.3. The number of halogens is 1. The molecular formula is C14H22FN3. The van der Waals surface area contributed by atoms with Gasteiger partial charge in [0.25, 0.3) is 0 Å². The van der Waals surface area contributed by atoms with Gasteiger partial charge in [-0.3, -0.25) is 0 Å². The highest BCUT2D eigenvalue weighted by Crippen LogP contribution is 2.39. The lowest BCUT2D eigenvalue weighted by molar-refractivity contribution is 0.301. The number of rotatable bonds is 4. The second-order valence-electron chi connectivity index (χ2n) is 5.22. The Labute approximate surface area is 108 Å². The number of anilines is 1. The molecule has 0 aliphatic carbocycles. The molecule has 0 radical (unpaired) electrons. The zero-order chi connectivity index (χ0) is 13.2. The summed E-state index contributed by atoms with van der Waals surface area (Å²) in [4.78, 5) is 6.49. The smallest absolute Gasteiger partial charge is 0.141 e. The molecule has 0 aromatic carbocycles. The highest BCUT2D eigenvalue weighted by atomic mass is 19.1. The van der Waals surface area contributed by atoms with Crippen LogP contribution in [0.25, 0.3) is 0 Å². The number of aromatic nitrogens is 1. The molecule has 100 valence electrons. The molecule has 2 rings (SSSR count). The third-order valence-corrected chi connectivity index (χ3v) is 4.37. The summed E-state index contributed by atoms with van der Waals surface area (Å²) in [6.45, 7) is 6.82. The van der Waals surface area contributed by atoms with Crippen LogP contribution in [0.5, 0.6) is 0 Å². The number of hydrogen-bond donors (Lipinski definition) is 1. The minimum atomic E-state index is -0.310. The van der Waals surface area contributed by atoms with Crippen molar-refractivity contribution >= 4 is 5.82 Å². The lowest BCUT2D eigenvalue weighted by atomic mass is 9.82. The molecule has 0 atom stereocenters. The van der Waals surface area contributed by atoms with Gasteiger partial charge in [0.05, 0.1) is 6.20 Å². The maximum atomic E-state index is 13.2. The van der Waals surface area contributed by atoms with E-state index in [0.717, 1.165) is 24.5 Å². The molecule has 1 fully saturated rings. The quantitative estimate of drug-likeness (QED) is 0.894. The number of nitrogens with two attached hydrogens (primary N) is 1. The third-order valence-electron chi connectivity index (χ3n) is 4.37. The van der Waals surface area contributed by atoms with E-state index in [2.05, 4.69) is 23.7 Å². The predicted octanol–water partition coefficient (Wildman–Crippen LogP) is 2.70. The summed E-state index contributed by atoms with van der Waals surface area (Å²) in [5.41, 5.74) is 6.88. The molecule has 2 heterocycles. The van der Waals surface area contributed by atoms with E-state index in [1.165, 1.54) is 31.5 Å². The number of nitrogens with zero attached hydrogens (tertiary/aromatic N) is 2. The fraction of sp³-hybridized carbons (Fsp3) is 0.643. The van der Waals surface area contributed by atoms with Gasteiger partial charge in [0.1, 0.15) is 11.6 Å². The van der Waals surface area contributed by atoms with Crippen LogP contribution in [0.4, 0.5) is 10.2 Å². The zero-order valence-electron chi connectivity index (χ0n) is 11.2. The fourth-order valence-corrected chi connectivity index (χ4v) is 2.85. The topological polar surface area (TPSA) is 42.2 Å². The first-order valence-electron chi connectivity index (χ1n) is 6.73. The summed E-state index contributed by atoms with van der Waals surface area (Å²) in [6.07, 6.45) is 4.83. The number of hydrogen-bond acceptors (Lipinski definition) is 3. The second kappa shape index (κ2) is 5.22. The van der Waals surface area contributed by atoms with Crippen molar-refractivity contribution in [2.45, 2.75) is 39.7 Å². The van der Waals surface area contributed by atoms with E-state index in [1.54, 1.807) is 0 Å². The Bertz CT molecular complexity index is 416. The van der Waals surface area contributed by atoms with Gasteiger partial charge < -0.3 is 10.6 Å². The van der Waals surface area contributed by atoms with Crippen molar-refractivity contribution in [2.75, 3.05) is 18.0 Å². The van der Waals surface area contributed by atoms with Crippen molar-refractivity contribution in [3.63, 3.8) is 0 Å². The Morgan fingerprint density at radius 3 is 2.72 bits per heavy atom. The summed E-state index contributed by atoms with van der Waals surface area (Å²) in [6, 6.07) is 1.50. The second-order valence-corrected chi connectivity index (χ2v) is 5.22. The van der Waals surface area contributed by atoms with Crippen LogP contribution in [0.2, 0.25) is 0 Å². The summed E-state index contributed by atoms with van der Waals surface area (Å²) in [5, 5.41) is 0. The standard InChI is InChI=1S/C14H22FN3/c1-3-14(4-2)5-6-18(10-14)13-11(8-16)7-12(15)9-17-13/h7,9H,3-6,8,10,16H2,1-2H3. The summed E-state index contributed by atoms with van der Waals surface area (Å²) in [5.74, 6) is 0.554. The largest absolute Gasteiger partial charge is 0.356 e. The van der Waals surface area contributed by atoms with Gasteiger partial charge in [0.2, 0.25) is 0 Å². The molecule has 0 unspecified atom stereocenters. The first-order chi connectivity index (χ1) is 8.64. The Hall–Kier alpha value is -1.16. The van der Waals surface area contributed by atoms with E-state index in [-0.39, 0.29) is 5.82 Å². The molecule has 1 saturated heterocycles. The van der Waals surface area contributed by atoms with Gasteiger partial charge in [-0.15, -0.1) is 0 Å². The highest BCUT2D eigenvalue weighted by Gasteiger charge is 2.36. The Kier molecular flexibility index (Phi) is 3.85. The van der Waals surface area contributed by atoms with Crippen molar-refractivity contribution < 1.29 is 4.39 Å². The van der Waals surface area contributed by atoms with Gasteiger partial charge in [0.15, 0.2) is 0 Å². The average molecular weight is 251 g/mol. The van der Waals surface area contributed by atoms with Crippen LogP contribution in [0.1, 0.15) is 38.7 Å². The molecule has 1 aromatic heterocycles. The molecule has 0 amide bonds. The Balaban J connectivity index is 2.24. The third kappa shape index (κ3) is 2.34. The predicted molar refractivity (Wildman–Crippen MR) is 71.9 cm³/mol. The first kappa shape index (κ1) is 13.3. The molecule has 18 heavy (non-hydrogen) atoms. The van der Waals surface area contributed by atoms with Gasteiger partial charge in [0, 0.05) is 25.2 Å². The van der Waals surface area contributed by atoms with E-state index >= 15 is 0 Å². The van der Waals surface area contributed by atoms with Crippen LogP contribution in [0.15, 0.2) is 12.3 Å². The molecule has 0 bridgehead atoms. The van der Waals surface area contributed by atoms with E-state index in [9.17, 15) is 4.39 Å². The minimum Gasteiger partial charge on any atom is -0.356 e. The highest BCUT2D eigenvalue weighted by molar-refractivity contribution is 5.48. The molecule has 4 heteroatoms. The van der Waals surface area contributed by atoms with Crippen LogP contribution in [0, 0.1) is 11.2 Å². The summed E-state index contributed by atoms with van der Waals surface area (Å²) < 4.78 is 13.2. The Morgan fingerprint density at radius 1 is 1.44 bits per heavy atom. The van der Waals surface area contributed by atoms with Crippen LogP contribution < -0.4 is 10.6 Å². The van der Waals surface area contributed by atoms with Crippen molar-refractivity contribution in [3.8, 4) is 0 Å². The van der Waals surface area contributed by atoms with Crippen molar-refractivity contribution in [3.05, 3.63) is 23.6 Å². The van der Waals surface area contributed by atoms with Gasteiger partial charge in [-0.05, 0) is 30.7 Å². The molecule has 3 nitrogen and oxygen atoms in total. The molecule has 1 aliphatic rings. The van der Waals surface area contributed by atoms with E-state index < -0.39 is 0 Å². The molecule has 1 aromatic rings. The van der Waals surface area contributed by atoms with Crippen LogP contribution in [0.3, 0.4) is 0 Å². The minimum absolute atomic E-state index is 0.310. The Morgan fingerprint density at radius 2 is 2.17 bits per heavy atom. The van der Waals surface area contributed by atoms with Crippen LogP contribution >= 0.6 is 0 Å². The fourth-order valence-electron chi connectivity index (χ4n) is 2.85. The lowest BCUT2D eigenvalue weighted by Crippen LogP contribution is -2.28. The van der Waals surface area contributed by atoms with Crippen molar-refractivity contribution in [1.29, 1.82) is 0 Å². The molecule has 0 spiro atoms. The lowest BCUT2D eigenvalue weighted by Gasteiger charge is -2.27. The van der Waals surface area contributed by atoms with Gasteiger partial charge in [-0.1, -0.05) is 13.8 Å². The average Bonchev–Trinajstić information content (AvgIpc) is 2.83. The van der Waals surface area contributed by atoms with E-state index in [4.69, 9.17) is 5.73 Å². The first-order valence-corrected chi connectivity index (χ1v) is 6.73.